The number of rotatable bonds is 13. The van der Waals surface area contributed by atoms with Gasteiger partial charge in [0.15, 0.2) is 0 Å². The van der Waals surface area contributed by atoms with Crippen molar-refractivity contribution in [3.63, 3.8) is 0 Å². The molecular weight excluding hydrogens is 563 g/mol. The quantitative estimate of drug-likeness (QED) is 0.184. The minimum absolute atomic E-state index is 0.0165. The number of primary amides is 1. The highest BCUT2D eigenvalue weighted by molar-refractivity contribution is 7.89. The van der Waals surface area contributed by atoms with Crippen LogP contribution in [0.25, 0.3) is 10.9 Å². The number of fused-ring (bicyclic) bond motifs is 1. The second kappa shape index (κ2) is 12.9. The molecule has 3 rings (SSSR count). The van der Waals surface area contributed by atoms with Gasteiger partial charge in [-0.25, -0.2) is 8.42 Å². The van der Waals surface area contributed by atoms with Gasteiger partial charge in [-0.2, -0.15) is 17.5 Å². The zero-order chi connectivity index (χ0) is 30.4. The molecule has 0 aliphatic carbocycles. The van der Waals surface area contributed by atoms with Crippen molar-refractivity contribution in [3.05, 3.63) is 77.5 Å². The zero-order valence-corrected chi connectivity index (χ0v) is 22.8. The Morgan fingerprint density at radius 1 is 0.976 bits per heavy atom. The van der Waals surface area contributed by atoms with Gasteiger partial charge in [-0.15, -0.1) is 0 Å². The van der Waals surface area contributed by atoms with Crippen molar-refractivity contribution in [1.29, 1.82) is 0 Å². The first-order valence-corrected chi connectivity index (χ1v) is 14.1. The van der Waals surface area contributed by atoms with E-state index in [0.29, 0.717) is 10.9 Å². The second-order valence-electron chi connectivity index (χ2n) is 9.45. The maximum Gasteiger partial charge on any atom is 0.416 e. The third kappa shape index (κ3) is 7.77. The summed E-state index contributed by atoms with van der Waals surface area (Å²) in [5.74, 6) is -3.00. The van der Waals surface area contributed by atoms with Crippen LogP contribution in [0.4, 0.5) is 13.2 Å². The molecule has 1 unspecified atom stereocenters. The molecule has 0 saturated carbocycles. The summed E-state index contributed by atoms with van der Waals surface area (Å²) in [6.45, 7) is -0.190. The Morgan fingerprint density at radius 3 is 2.15 bits per heavy atom. The number of pyridine rings is 1. The number of hydrogen-bond acceptors (Lipinski definition) is 8. The molecule has 2 atom stereocenters. The average molecular weight is 596 g/mol. The highest BCUT2D eigenvalue weighted by atomic mass is 32.2. The molecule has 2 amide bonds. The summed E-state index contributed by atoms with van der Waals surface area (Å²) in [7, 11) is -4.25. The van der Waals surface area contributed by atoms with E-state index in [1.165, 1.54) is 12.3 Å². The van der Waals surface area contributed by atoms with Crippen LogP contribution >= 0.6 is 0 Å². The van der Waals surface area contributed by atoms with E-state index in [0.717, 1.165) is 28.6 Å². The van der Waals surface area contributed by atoms with E-state index in [-0.39, 0.29) is 43.7 Å². The van der Waals surface area contributed by atoms with Gasteiger partial charge in [0.25, 0.3) is 0 Å². The summed E-state index contributed by atoms with van der Waals surface area (Å²) in [6, 6.07) is 10.9. The van der Waals surface area contributed by atoms with Crippen LogP contribution in [0.2, 0.25) is 0 Å². The molecule has 11 nitrogen and oxygen atoms in total. The molecule has 15 heteroatoms. The number of alkyl halides is 3. The number of carbonyl (C=O) groups is 2. The van der Waals surface area contributed by atoms with Crippen LogP contribution in [-0.4, -0.2) is 67.5 Å². The molecule has 0 saturated heterocycles. The van der Waals surface area contributed by atoms with Crippen LogP contribution in [0.15, 0.2) is 60.8 Å². The lowest BCUT2D eigenvalue weighted by Crippen LogP contribution is -2.61. The zero-order valence-electron chi connectivity index (χ0n) is 22.0. The largest absolute Gasteiger partial charge is 0.416 e. The summed E-state index contributed by atoms with van der Waals surface area (Å²) in [4.78, 5) is 30.3. The Bertz CT molecular complexity index is 1480. The van der Waals surface area contributed by atoms with Crippen LogP contribution in [0.3, 0.4) is 0 Å². The summed E-state index contributed by atoms with van der Waals surface area (Å²) in [5, 5.41) is 2.97. The van der Waals surface area contributed by atoms with Gasteiger partial charge in [0.1, 0.15) is 11.6 Å². The highest BCUT2D eigenvalue weighted by Gasteiger charge is 2.44. The van der Waals surface area contributed by atoms with E-state index in [1.54, 1.807) is 24.3 Å². The van der Waals surface area contributed by atoms with Crippen molar-refractivity contribution in [2.75, 3.05) is 31.9 Å². The van der Waals surface area contributed by atoms with Crippen LogP contribution < -0.4 is 28.3 Å². The summed E-state index contributed by atoms with van der Waals surface area (Å²) in [5.41, 5.74) is 20.9. The van der Waals surface area contributed by atoms with Crippen molar-refractivity contribution >= 4 is 32.7 Å². The number of carbonyl (C=O) groups excluding carboxylic acids is 2. The summed E-state index contributed by atoms with van der Waals surface area (Å²) >= 11 is 0. The van der Waals surface area contributed by atoms with E-state index in [9.17, 15) is 31.2 Å². The molecule has 1 aromatic heterocycles. The highest BCUT2D eigenvalue weighted by Crippen LogP contribution is 2.29. The fourth-order valence-corrected chi connectivity index (χ4v) is 6.05. The number of nitrogens with zero attached hydrogens (tertiary/aromatic N) is 2. The Balaban J connectivity index is 2.00. The monoisotopic (exact) mass is 595 g/mol. The first kappa shape index (κ1) is 31.9. The van der Waals surface area contributed by atoms with Gasteiger partial charge in [0.2, 0.25) is 21.8 Å². The minimum atomic E-state index is -4.56. The molecule has 0 radical (unpaired) electrons. The predicted molar refractivity (Wildman–Crippen MR) is 147 cm³/mol. The number of aromatic nitrogens is 1. The van der Waals surface area contributed by atoms with Gasteiger partial charge >= 0.3 is 6.18 Å². The third-order valence-electron chi connectivity index (χ3n) is 6.44. The van der Waals surface area contributed by atoms with Gasteiger partial charge in [0, 0.05) is 49.7 Å². The van der Waals surface area contributed by atoms with E-state index in [1.807, 2.05) is 0 Å². The second-order valence-corrected chi connectivity index (χ2v) is 11.4. The van der Waals surface area contributed by atoms with Gasteiger partial charge in [-0.3, -0.25) is 14.6 Å². The molecule has 3 aromatic rings. The van der Waals surface area contributed by atoms with Gasteiger partial charge in [-0.05, 0) is 29.8 Å². The van der Waals surface area contributed by atoms with E-state index in [2.05, 4.69) is 10.3 Å². The number of sulfonamides is 1. The van der Waals surface area contributed by atoms with Gasteiger partial charge in [0.05, 0.1) is 16.8 Å². The number of benzene rings is 2. The maximum atomic E-state index is 13.8. The molecule has 0 aliphatic heterocycles. The van der Waals surface area contributed by atoms with E-state index >= 15 is 0 Å². The number of nitrogens with one attached hydrogen (secondary N) is 1. The number of amides is 2. The Morgan fingerprint density at radius 2 is 1.59 bits per heavy atom. The van der Waals surface area contributed by atoms with Crippen molar-refractivity contribution in [3.8, 4) is 0 Å². The first-order valence-electron chi connectivity index (χ1n) is 12.5. The van der Waals surface area contributed by atoms with E-state index < -0.39 is 50.9 Å². The molecule has 9 N–H and O–H groups in total. The number of halogens is 3. The standard InChI is InChI=1S/C26H32F3N7O4S/c27-26(28,29)19-7-5-17(6-8-19)13-22(23(32)37)35-24(38)25(33,16-41(39,40)36(11-9-30)12-10-31)20-14-18-3-1-2-4-21(18)34-15-20/h1-8,14-15,22H,9-13,16,30-31,33H2,(H2,32,37)(H,35,38)/t22-,25?/m0/s1. The van der Waals surface area contributed by atoms with Gasteiger partial charge in [-0.1, -0.05) is 30.3 Å². The van der Waals surface area contributed by atoms with Gasteiger partial charge < -0.3 is 28.3 Å². The van der Waals surface area contributed by atoms with Crippen LogP contribution in [0.1, 0.15) is 16.7 Å². The normalized spacial score (nSPS) is 14.5. The van der Waals surface area contributed by atoms with Crippen LogP contribution in [-0.2, 0) is 37.7 Å². The molecule has 222 valence electrons. The maximum absolute atomic E-state index is 13.8. The fourth-order valence-electron chi connectivity index (χ4n) is 4.23. The molecule has 1 heterocycles. The third-order valence-corrected chi connectivity index (χ3v) is 8.41. The lowest BCUT2D eigenvalue weighted by molar-refractivity contribution is -0.137. The molecule has 0 spiro atoms. The number of para-hydroxylation sites is 1. The summed E-state index contributed by atoms with van der Waals surface area (Å²) < 4.78 is 66.7. The topological polar surface area (TPSA) is 201 Å². The lowest BCUT2D eigenvalue weighted by atomic mass is 9.91. The number of hydrogen-bond donors (Lipinski definition) is 5. The Hall–Kier alpha value is -3.63. The number of nitrogens with two attached hydrogens (primary N) is 4. The van der Waals surface area contributed by atoms with Crippen LogP contribution in [0.5, 0.6) is 0 Å². The SMILES string of the molecule is NCCN(CCN)S(=O)(=O)CC(N)(C(=O)N[C@@H](Cc1ccc(C(F)(F)F)cc1)C(N)=O)c1cnc2ccccc2c1. The minimum Gasteiger partial charge on any atom is -0.368 e. The fraction of sp³-hybridized carbons (Fsp3) is 0.346. The lowest BCUT2D eigenvalue weighted by Gasteiger charge is -2.32. The van der Waals surface area contributed by atoms with Crippen molar-refractivity contribution < 1.29 is 31.2 Å². The molecule has 0 aliphatic rings. The Labute approximate surface area is 235 Å². The van der Waals surface area contributed by atoms with Crippen molar-refractivity contribution in [2.24, 2.45) is 22.9 Å². The van der Waals surface area contributed by atoms with Crippen molar-refractivity contribution in [1.82, 2.24) is 14.6 Å². The molecule has 0 bridgehead atoms. The van der Waals surface area contributed by atoms with E-state index in [4.69, 9.17) is 22.9 Å². The summed E-state index contributed by atoms with van der Waals surface area (Å²) in [6.07, 6.45) is -3.57. The first-order chi connectivity index (χ1) is 19.2. The molecule has 2 aromatic carbocycles. The molecule has 41 heavy (non-hydrogen) atoms. The smallest absolute Gasteiger partial charge is 0.368 e. The average Bonchev–Trinajstić information content (AvgIpc) is 2.91. The Kier molecular flexibility index (Phi) is 10.0. The van der Waals surface area contributed by atoms with Crippen LogP contribution in [0, 0.1) is 0 Å². The predicted octanol–water partition coefficient (Wildman–Crippen LogP) is 0.170. The van der Waals surface area contributed by atoms with Crippen molar-refractivity contribution in [2.45, 2.75) is 24.2 Å². The molecule has 0 fully saturated rings. The molecular formula is C26H32F3N7O4S.